The molecule has 0 aliphatic heterocycles. The Morgan fingerprint density at radius 2 is 1.94 bits per heavy atom. The van der Waals surface area contributed by atoms with Crippen LogP contribution in [-0.4, -0.2) is 45.2 Å². The Morgan fingerprint density at radius 3 is 2.61 bits per heavy atom. The topological polar surface area (TPSA) is 148 Å². The van der Waals surface area contributed by atoms with Crippen molar-refractivity contribution in [3.05, 3.63) is 40.2 Å². The van der Waals surface area contributed by atoms with E-state index in [0.29, 0.717) is 42.4 Å². The third-order valence-electron chi connectivity index (χ3n) is 5.87. The molecule has 0 saturated heterocycles. The minimum atomic E-state index is -0.589. The standard InChI is InChI=1S/C22H25FN6O4/c1-11-15-8-17(16-7-12(23)9-26-20(16)32-2)21(31)29(19(15)28-22(25)27-11)13-3-5-14(6-4-13)33-10-18(24)30/h7-9,13-14H,3-6,10H2,1-2H3,(H2,24,30)(H2,25,27,28)/t13-,14+. The van der Waals surface area contributed by atoms with Crippen molar-refractivity contribution in [1.82, 2.24) is 19.5 Å². The van der Waals surface area contributed by atoms with Gasteiger partial charge in [-0.15, -0.1) is 0 Å². The van der Waals surface area contributed by atoms with Crippen molar-refractivity contribution in [3.8, 4) is 17.0 Å². The SMILES string of the molecule is COc1ncc(F)cc1-c1cc2c(C)nc(N)nc2n([C@H]2CC[C@@H](OCC(N)=O)CC2)c1=O. The number of pyridine rings is 2. The molecule has 174 valence electrons. The van der Waals surface area contributed by atoms with E-state index in [9.17, 15) is 14.0 Å². The number of nitrogen functional groups attached to an aromatic ring is 1. The minimum Gasteiger partial charge on any atom is -0.481 e. The van der Waals surface area contributed by atoms with Gasteiger partial charge in [0.25, 0.3) is 5.56 Å². The molecule has 0 unspecified atom stereocenters. The Kier molecular flexibility index (Phi) is 6.23. The summed E-state index contributed by atoms with van der Waals surface area (Å²) in [6, 6.07) is 2.65. The molecule has 4 N–H and O–H groups in total. The molecule has 0 bridgehead atoms. The predicted octanol–water partition coefficient (Wildman–Crippen LogP) is 1.88. The molecule has 3 aromatic heterocycles. The molecule has 3 heterocycles. The third-order valence-corrected chi connectivity index (χ3v) is 5.87. The highest BCUT2D eigenvalue weighted by molar-refractivity contribution is 5.85. The third kappa shape index (κ3) is 4.49. The van der Waals surface area contributed by atoms with Crippen LogP contribution < -0.4 is 21.8 Å². The molecular weight excluding hydrogens is 431 g/mol. The van der Waals surface area contributed by atoms with Crippen LogP contribution in [0.4, 0.5) is 10.3 Å². The Morgan fingerprint density at radius 1 is 1.21 bits per heavy atom. The van der Waals surface area contributed by atoms with Crippen LogP contribution in [0.3, 0.4) is 0 Å². The van der Waals surface area contributed by atoms with Gasteiger partial charge in [-0.1, -0.05) is 0 Å². The summed E-state index contributed by atoms with van der Waals surface area (Å²) in [6.07, 6.45) is 3.42. The quantitative estimate of drug-likeness (QED) is 0.571. The summed E-state index contributed by atoms with van der Waals surface area (Å²) in [5.74, 6) is -0.914. The molecule has 33 heavy (non-hydrogen) atoms. The van der Waals surface area contributed by atoms with Crippen molar-refractivity contribution >= 4 is 22.9 Å². The summed E-state index contributed by atoms with van der Waals surface area (Å²) >= 11 is 0. The maximum atomic E-state index is 14.1. The molecular formula is C22H25FN6O4. The normalized spacial score (nSPS) is 18.4. The highest BCUT2D eigenvalue weighted by Crippen LogP contribution is 2.34. The fourth-order valence-electron chi connectivity index (χ4n) is 4.36. The van der Waals surface area contributed by atoms with Crippen molar-refractivity contribution in [1.29, 1.82) is 0 Å². The second-order valence-electron chi connectivity index (χ2n) is 8.06. The second-order valence-corrected chi connectivity index (χ2v) is 8.06. The fraction of sp³-hybridized carbons (Fsp3) is 0.409. The van der Waals surface area contributed by atoms with Crippen LogP contribution >= 0.6 is 0 Å². The number of hydrogen-bond acceptors (Lipinski definition) is 8. The number of carbonyl (C=O) groups is 1. The number of ether oxygens (including phenoxy) is 2. The lowest BCUT2D eigenvalue weighted by Crippen LogP contribution is -2.33. The first-order chi connectivity index (χ1) is 15.8. The van der Waals surface area contributed by atoms with Gasteiger partial charge in [0.1, 0.15) is 18.1 Å². The summed E-state index contributed by atoms with van der Waals surface area (Å²) < 4.78 is 26.5. The largest absolute Gasteiger partial charge is 0.481 e. The number of rotatable bonds is 6. The molecule has 1 saturated carbocycles. The van der Waals surface area contributed by atoms with Crippen LogP contribution in [0.1, 0.15) is 37.4 Å². The van der Waals surface area contributed by atoms with Crippen LogP contribution in [0, 0.1) is 12.7 Å². The van der Waals surface area contributed by atoms with E-state index in [1.807, 2.05) is 0 Å². The molecule has 1 aliphatic rings. The summed E-state index contributed by atoms with van der Waals surface area (Å²) in [6.45, 7) is 1.64. The molecule has 1 amide bonds. The highest BCUT2D eigenvalue weighted by atomic mass is 19.1. The summed E-state index contributed by atoms with van der Waals surface area (Å²) in [4.78, 5) is 37.3. The number of nitrogens with zero attached hydrogens (tertiary/aromatic N) is 4. The monoisotopic (exact) mass is 456 g/mol. The van der Waals surface area contributed by atoms with Crippen LogP contribution in [0.2, 0.25) is 0 Å². The zero-order valence-electron chi connectivity index (χ0n) is 18.4. The first kappa shape index (κ1) is 22.6. The number of carbonyl (C=O) groups excluding carboxylic acids is 1. The Hall–Kier alpha value is -3.60. The lowest BCUT2D eigenvalue weighted by Gasteiger charge is -2.30. The first-order valence-corrected chi connectivity index (χ1v) is 10.6. The lowest BCUT2D eigenvalue weighted by atomic mass is 9.92. The van der Waals surface area contributed by atoms with Gasteiger partial charge < -0.3 is 20.9 Å². The minimum absolute atomic E-state index is 0.0596. The average molecular weight is 456 g/mol. The molecule has 1 aliphatic carbocycles. The van der Waals surface area contributed by atoms with E-state index in [1.54, 1.807) is 17.6 Å². The number of aromatic nitrogens is 4. The molecule has 1 fully saturated rings. The van der Waals surface area contributed by atoms with Crippen LogP contribution in [0.5, 0.6) is 5.88 Å². The van der Waals surface area contributed by atoms with Crippen molar-refractivity contribution in [3.63, 3.8) is 0 Å². The lowest BCUT2D eigenvalue weighted by molar-refractivity contribution is -0.125. The van der Waals surface area contributed by atoms with Crippen LogP contribution in [-0.2, 0) is 9.53 Å². The zero-order valence-corrected chi connectivity index (χ0v) is 18.4. The molecule has 10 nitrogen and oxygen atoms in total. The molecule has 11 heteroatoms. The van der Waals surface area contributed by atoms with Gasteiger partial charge in [0.05, 0.1) is 36.2 Å². The summed E-state index contributed by atoms with van der Waals surface area (Å²) in [5, 5.41) is 0.622. The molecule has 3 aromatic rings. The van der Waals surface area contributed by atoms with Crippen LogP contribution in [0.15, 0.2) is 23.1 Å². The summed E-state index contributed by atoms with van der Waals surface area (Å²) in [7, 11) is 1.41. The maximum absolute atomic E-state index is 14.1. The number of aryl methyl sites for hydroxylation is 1. The molecule has 0 atom stereocenters. The van der Waals surface area contributed by atoms with E-state index >= 15 is 0 Å². The second kappa shape index (κ2) is 9.10. The van der Waals surface area contributed by atoms with Crippen molar-refractivity contribution in [2.75, 3.05) is 19.5 Å². The van der Waals surface area contributed by atoms with Gasteiger partial charge in [0.15, 0.2) is 0 Å². The summed E-state index contributed by atoms with van der Waals surface area (Å²) in [5.41, 5.74) is 12.2. The predicted molar refractivity (Wildman–Crippen MR) is 119 cm³/mol. The van der Waals surface area contributed by atoms with Gasteiger partial charge in [-0.2, -0.15) is 4.98 Å². The number of primary amides is 1. The van der Waals surface area contributed by atoms with Gasteiger partial charge in [0.2, 0.25) is 17.7 Å². The molecule has 0 spiro atoms. The van der Waals surface area contributed by atoms with Crippen LogP contribution in [0.25, 0.3) is 22.2 Å². The van der Waals surface area contributed by atoms with E-state index in [2.05, 4.69) is 15.0 Å². The number of nitrogens with two attached hydrogens (primary N) is 2. The van der Waals surface area contributed by atoms with E-state index in [4.69, 9.17) is 20.9 Å². The number of fused-ring (bicyclic) bond motifs is 1. The average Bonchev–Trinajstić information content (AvgIpc) is 2.78. The smallest absolute Gasteiger partial charge is 0.260 e. The van der Waals surface area contributed by atoms with Crippen molar-refractivity contribution < 1.29 is 18.7 Å². The van der Waals surface area contributed by atoms with E-state index in [1.165, 1.54) is 13.2 Å². The Bertz CT molecular complexity index is 1270. The van der Waals surface area contributed by atoms with Gasteiger partial charge in [-0.3, -0.25) is 14.2 Å². The van der Waals surface area contributed by atoms with Gasteiger partial charge >= 0.3 is 0 Å². The number of anilines is 1. The first-order valence-electron chi connectivity index (χ1n) is 10.6. The zero-order chi connectivity index (χ0) is 23.7. The van der Waals surface area contributed by atoms with Crippen molar-refractivity contribution in [2.45, 2.75) is 44.8 Å². The van der Waals surface area contributed by atoms with E-state index in [-0.39, 0.29) is 47.3 Å². The molecule has 0 radical (unpaired) electrons. The number of hydrogen-bond donors (Lipinski definition) is 2. The fourth-order valence-corrected chi connectivity index (χ4v) is 4.36. The van der Waals surface area contributed by atoms with Crippen molar-refractivity contribution in [2.24, 2.45) is 5.73 Å². The van der Waals surface area contributed by atoms with Gasteiger partial charge in [-0.05, 0) is 44.7 Å². The Balaban J connectivity index is 1.84. The number of halogens is 1. The maximum Gasteiger partial charge on any atom is 0.260 e. The van der Waals surface area contributed by atoms with E-state index < -0.39 is 11.7 Å². The Labute approximate surface area is 188 Å². The number of methoxy groups -OCH3 is 1. The van der Waals surface area contributed by atoms with E-state index in [0.717, 1.165) is 6.20 Å². The highest BCUT2D eigenvalue weighted by Gasteiger charge is 2.28. The molecule has 0 aromatic carbocycles. The van der Waals surface area contributed by atoms with Gasteiger partial charge in [0, 0.05) is 11.4 Å². The molecule has 4 rings (SSSR count). The number of amides is 1. The van der Waals surface area contributed by atoms with Gasteiger partial charge in [-0.25, -0.2) is 14.4 Å².